The van der Waals surface area contributed by atoms with Crippen LogP contribution in [0.2, 0.25) is 0 Å². The Bertz CT molecular complexity index is 1800. The Morgan fingerprint density at radius 3 is 2.09 bits per heavy atom. The van der Waals surface area contributed by atoms with Crippen LogP contribution < -0.4 is 14.8 Å². The first kappa shape index (κ1) is 31.4. The molecule has 7 heteroatoms. The van der Waals surface area contributed by atoms with Crippen LogP contribution in [0.5, 0.6) is 11.5 Å². The summed E-state index contributed by atoms with van der Waals surface area (Å²) in [6.07, 6.45) is 0.804. The monoisotopic (exact) mass is 616 g/mol. The molecule has 0 unspecified atom stereocenters. The molecule has 238 valence electrons. The lowest BCUT2D eigenvalue weighted by molar-refractivity contribution is 0.102. The molecule has 0 bridgehead atoms. The smallest absolute Gasteiger partial charge is 0.255 e. The normalized spacial score (nSPS) is 14.0. The topological polar surface area (TPSA) is 59.0 Å². The molecule has 7 nitrogen and oxygen atoms in total. The Hall–Kier alpha value is -4.59. The molecule has 0 spiro atoms. The van der Waals surface area contributed by atoms with E-state index in [1.807, 2.05) is 66.7 Å². The van der Waals surface area contributed by atoms with Crippen molar-refractivity contribution in [2.45, 2.75) is 26.8 Å². The number of methoxy groups -OCH3 is 2. The van der Waals surface area contributed by atoms with Gasteiger partial charge in [0.2, 0.25) is 0 Å². The molecule has 0 atom stereocenters. The third-order valence-corrected chi connectivity index (χ3v) is 9.39. The average Bonchev–Trinajstić information content (AvgIpc) is 3.32. The summed E-state index contributed by atoms with van der Waals surface area (Å²) in [4.78, 5) is 18.2. The second-order valence-corrected chi connectivity index (χ2v) is 12.3. The number of nitrogens with one attached hydrogen (secondary N) is 1. The molecule has 6 rings (SSSR count). The molecular weight excluding hydrogens is 572 g/mol. The van der Waals surface area contributed by atoms with Crippen LogP contribution in [0.4, 0.5) is 5.69 Å². The Morgan fingerprint density at radius 1 is 0.783 bits per heavy atom. The average molecular weight is 617 g/mol. The zero-order chi connectivity index (χ0) is 32.2. The quantitative estimate of drug-likeness (QED) is 0.183. The lowest BCUT2D eigenvalue weighted by Crippen LogP contribution is -2.45. The molecule has 5 aromatic rings. The molecule has 2 heterocycles. The SMILES string of the molecule is COc1cc(NC(=O)c2ccc(Cc3ccc4c(c3)c(C)c(C)n4CCN3CCN(C)CC3)cc2)cc(OC)c1-c1ccccc1. The van der Waals surface area contributed by atoms with Gasteiger partial charge < -0.3 is 24.3 Å². The van der Waals surface area contributed by atoms with Crippen LogP contribution in [0.1, 0.15) is 32.7 Å². The van der Waals surface area contributed by atoms with Crippen LogP contribution in [0.3, 0.4) is 0 Å². The van der Waals surface area contributed by atoms with Crippen molar-refractivity contribution >= 4 is 22.5 Å². The number of nitrogens with zero attached hydrogens (tertiary/aromatic N) is 3. The van der Waals surface area contributed by atoms with Gasteiger partial charge in [0.25, 0.3) is 5.91 Å². The molecule has 1 N–H and O–H groups in total. The minimum Gasteiger partial charge on any atom is -0.496 e. The third kappa shape index (κ3) is 6.66. The van der Waals surface area contributed by atoms with Crippen molar-refractivity contribution < 1.29 is 14.3 Å². The lowest BCUT2D eigenvalue weighted by atomic mass is 10.0. The second-order valence-electron chi connectivity index (χ2n) is 12.3. The molecule has 1 aliphatic rings. The van der Waals surface area contributed by atoms with E-state index in [0.29, 0.717) is 22.7 Å². The van der Waals surface area contributed by atoms with Gasteiger partial charge in [-0.1, -0.05) is 48.5 Å². The predicted octanol–water partition coefficient (Wildman–Crippen LogP) is 7.03. The first-order valence-corrected chi connectivity index (χ1v) is 16.1. The molecule has 0 saturated carbocycles. The number of fused-ring (bicyclic) bond motifs is 1. The highest BCUT2D eigenvalue weighted by molar-refractivity contribution is 6.04. The summed E-state index contributed by atoms with van der Waals surface area (Å²) in [6.45, 7) is 11.2. The van der Waals surface area contributed by atoms with E-state index < -0.39 is 0 Å². The van der Waals surface area contributed by atoms with Gasteiger partial charge in [0.1, 0.15) is 11.5 Å². The number of carbonyl (C=O) groups is 1. The van der Waals surface area contributed by atoms with Crippen LogP contribution in [0.15, 0.2) is 84.9 Å². The number of hydrogen-bond donors (Lipinski definition) is 1. The van der Waals surface area contributed by atoms with E-state index in [0.717, 1.165) is 62.4 Å². The van der Waals surface area contributed by atoms with Gasteiger partial charge in [-0.15, -0.1) is 0 Å². The molecule has 1 aliphatic heterocycles. The Morgan fingerprint density at radius 2 is 1.43 bits per heavy atom. The molecular formula is C39H44N4O3. The van der Waals surface area contributed by atoms with Crippen molar-refractivity contribution in [2.24, 2.45) is 0 Å². The summed E-state index contributed by atoms with van der Waals surface area (Å²) >= 11 is 0. The van der Waals surface area contributed by atoms with E-state index in [4.69, 9.17) is 9.47 Å². The van der Waals surface area contributed by atoms with E-state index in [9.17, 15) is 4.79 Å². The molecule has 1 fully saturated rings. The van der Waals surface area contributed by atoms with Crippen molar-refractivity contribution in [3.63, 3.8) is 0 Å². The first-order valence-electron chi connectivity index (χ1n) is 16.1. The van der Waals surface area contributed by atoms with Gasteiger partial charge in [-0.2, -0.15) is 0 Å². The Kier molecular flexibility index (Phi) is 9.43. The molecule has 46 heavy (non-hydrogen) atoms. The largest absolute Gasteiger partial charge is 0.496 e. The fourth-order valence-electron chi connectivity index (χ4n) is 6.49. The number of ether oxygens (including phenoxy) is 2. The van der Waals surface area contributed by atoms with Crippen molar-refractivity contribution in [1.29, 1.82) is 0 Å². The molecule has 4 aromatic carbocycles. The summed E-state index contributed by atoms with van der Waals surface area (Å²) in [5.41, 5.74) is 9.47. The highest BCUT2D eigenvalue weighted by Crippen LogP contribution is 2.41. The van der Waals surface area contributed by atoms with E-state index in [-0.39, 0.29) is 5.91 Å². The molecule has 0 radical (unpaired) electrons. The molecule has 1 saturated heterocycles. The summed E-state index contributed by atoms with van der Waals surface area (Å²) in [5, 5.41) is 4.34. The summed E-state index contributed by atoms with van der Waals surface area (Å²) in [5.74, 6) is 1.07. The maximum atomic E-state index is 13.2. The van der Waals surface area contributed by atoms with Gasteiger partial charge in [0, 0.05) is 79.2 Å². The van der Waals surface area contributed by atoms with Crippen LogP contribution in [0, 0.1) is 13.8 Å². The van der Waals surface area contributed by atoms with Gasteiger partial charge in [-0.05, 0) is 73.8 Å². The highest BCUT2D eigenvalue weighted by Gasteiger charge is 2.18. The van der Waals surface area contributed by atoms with Crippen LogP contribution in [-0.2, 0) is 13.0 Å². The molecule has 1 aromatic heterocycles. The summed E-state index contributed by atoms with van der Waals surface area (Å²) in [7, 11) is 5.45. The van der Waals surface area contributed by atoms with E-state index in [1.54, 1.807) is 14.2 Å². The van der Waals surface area contributed by atoms with Gasteiger partial charge in [-0.25, -0.2) is 0 Å². The number of hydrogen-bond acceptors (Lipinski definition) is 5. The summed E-state index contributed by atoms with van der Waals surface area (Å²) in [6, 6.07) is 28.3. The fourth-order valence-corrected chi connectivity index (χ4v) is 6.49. The van der Waals surface area contributed by atoms with Crippen LogP contribution >= 0.6 is 0 Å². The molecule has 0 aliphatic carbocycles. The van der Waals surface area contributed by atoms with E-state index in [1.165, 1.54) is 27.7 Å². The zero-order valence-electron chi connectivity index (χ0n) is 27.6. The number of rotatable bonds is 10. The van der Waals surface area contributed by atoms with Gasteiger partial charge in [0.15, 0.2) is 0 Å². The summed E-state index contributed by atoms with van der Waals surface area (Å²) < 4.78 is 13.9. The Labute approximate surface area is 272 Å². The van der Waals surface area contributed by atoms with Crippen molar-refractivity contribution in [3.05, 3.63) is 113 Å². The van der Waals surface area contributed by atoms with Gasteiger partial charge in [0.05, 0.1) is 19.8 Å². The van der Waals surface area contributed by atoms with E-state index in [2.05, 4.69) is 58.8 Å². The van der Waals surface area contributed by atoms with Crippen molar-refractivity contribution in [2.75, 3.05) is 59.3 Å². The number of piperazine rings is 1. The van der Waals surface area contributed by atoms with Gasteiger partial charge >= 0.3 is 0 Å². The minimum absolute atomic E-state index is 0.187. The fraction of sp³-hybridized carbons (Fsp3) is 0.308. The maximum absolute atomic E-state index is 13.2. The number of aryl methyl sites for hydroxylation is 1. The number of carbonyl (C=O) groups excluding carboxylic acids is 1. The minimum atomic E-state index is -0.187. The number of aromatic nitrogens is 1. The number of amides is 1. The predicted molar refractivity (Wildman–Crippen MR) is 188 cm³/mol. The number of likely N-dealkylation sites (N-methyl/N-ethyl adjacent to an activating group) is 1. The van der Waals surface area contributed by atoms with E-state index >= 15 is 0 Å². The zero-order valence-corrected chi connectivity index (χ0v) is 27.6. The maximum Gasteiger partial charge on any atom is 0.255 e. The molecule has 1 amide bonds. The van der Waals surface area contributed by atoms with Crippen LogP contribution in [0.25, 0.3) is 22.0 Å². The number of benzene rings is 4. The lowest BCUT2D eigenvalue weighted by Gasteiger charge is -2.32. The first-order chi connectivity index (χ1) is 22.3. The van der Waals surface area contributed by atoms with Crippen LogP contribution in [-0.4, -0.2) is 74.3 Å². The third-order valence-electron chi connectivity index (χ3n) is 9.39. The second kappa shape index (κ2) is 13.8. The highest BCUT2D eigenvalue weighted by atomic mass is 16.5. The number of anilines is 1. The van der Waals surface area contributed by atoms with Crippen molar-refractivity contribution in [1.82, 2.24) is 14.4 Å². The Balaban J connectivity index is 1.13. The van der Waals surface area contributed by atoms with Gasteiger partial charge in [-0.3, -0.25) is 9.69 Å². The van der Waals surface area contributed by atoms with Crippen molar-refractivity contribution in [3.8, 4) is 22.6 Å². The standard InChI is InChI=1S/C39H44N4O3/c1-27-28(2)43(22-21-42-19-17-41(3)18-20-42)35-16-13-30(24-34(27)35)23-29-11-14-32(15-12-29)39(44)40-33-25-36(45-4)38(37(26-33)46-5)31-9-7-6-8-10-31/h6-16,24-26H,17-23H2,1-5H3,(H,40,44).